The van der Waals surface area contributed by atoms with Crippen molar-refractivity contribution in [3.8, 4) is 0 Å². The SMILES string of the molecule is COCc1cccc(NC2CC(C)(C)OC2(C)C)c1. The minimum Gasteiger partial charge on any atom is -0.380 e. The smallest absolute Gasteiger partial charge is 0.0834 e. The molecule has 1 aromatic rings. The molecule has 3 heteroatoms. The van der Waals surface area contributed by atoms with E-state index in [1.165, 1.54) is 5.56 Å². The Labute approximate surface area is 116 Å². The quantitative estimate of drug-likeness (QED) is 0.900. The first kappa shape index (κ1) is 14.4. The molecule has 106 valence electrons. The average Bonchev–Trinajstić information content (AvgIpc) is 2.47. The fourth-order valence-corrected chi connectivity index (χ4v) is 2.91. The third-order valence-electron chi connectivity index (χ3n) is 3.65. The molecule has 0 amide bonds. The van der Waals surface area contributed by atoms with Crippen molar-refractivity contribution < 1.29 is 9.47 Å². The summed E-state index contributed by atoms with van der Waals surface area (Å²) >= 11 is 0. The van der Waals surface area contributed by atoms with Crippen molar-refractivity contribution in [1.82, 2.24) is 0 Å². The van der Waals surface area contributed by atoms with Crippen LogP contribution in [-0.4, -0.2) is 24.4 Å². The maximum Gasteiger partial charge on any atom is 0.0834 e. The third kappa shape index (κ3) is 3.48. The Hall–Kier alpha value is -1.06. The minimum absolute atomic E-state index is 0.0642. The maximum atomic E-state index is 6.11. The van der Waals surface area contributed by atoms with Gasteiger partial charge in [0.25, 0.3) is 0 Å². The van der Waals surface area contributed by atoms with Gasteiger partial charge in [0.15, 0.2) is 0 Å². The van der Waals surface area contributed by atoms with Crippen LogP contribution in [0.3, 0.4) is 0 Å². The zero-order chi connectivity index (χ0) is 14.1. The normalized spacial score (nSPS) is 24.4. The van der Waals surface area contributed by atoms with Gasteiger partial charge in [-0.25, -0.2) is 0 Å². The summed E-state index contributed by atoms with van der Waals surface area (Å²) in [6, 6.07) is 8.70. The largest absolute Gasteiger partial charge is 0.380 e. The van der Waals surface area contributed by atoms with Gasteiger partial charge in [-0.05, 0) is 51.8 Å². The Balaban J connectivity index is 2.11. The standard InChI is InChI=1S/C16H25NO2/c1-15(2)10-14(16(3,4)19-15)17-13-8-6-7-12(9-13)11-18-5/h6-9,14,17H,10-11H2,1-5H3. The summed E-state index contributed by atoms with van der Waals surface area (Å²) in [6.45, 7) is 9.25. The maximum absolute atomic E-state index is 6.11. The Morgan fingerprint density at radius 3 is 2.63 bits per heavy atom. The van der Waals surface area contributed by atoms with Crippen LogP contribution in [0.2, 0.25) is 0 Å². The summed E-state index contributed by atoms with van der Waals surface area (Å²) in [7, 11) is 1.72. The molecule has 1 unspecified atom stereocenters. The van der Waals surface area contributed by atoms with Crippen LogP contribution >= 0.6 is 0 Å². The van der Waals surface area contributed by atoms with E-state index in [4.69, 9.17) is 9.47 Å². The lowest BCUT2D eigenvalue weighted by atomic mass is 9.94. The predicted octanol–water partition coefficient (Wildman–Crippen LogP) is 3.59. The number of rotatable bonds is 4. The summed E-state index contributed by atoms with van der Waals surface area (Å²) in [6.07, 6.45) is 1.01. The van der Waals surface area contributed by atoms with Crippen molar-refractivity contribution in [2.75, 3.05) is 12.4 Å². The molecule has 19 heavy (non-hydrogen) atoms. The van der Waals surface area contributed by atoms with Crippen LogP contribution in [0.1, 0.15) is 39.7 Å². The van der Waals surface area contributed by atoms with E-state index in [1.54, 1.807) is 7.11 Å². The van der Waals surface area contributed by atoms with Gasteiger partial charge in [0, 0.05) is 12.8 Å². The second-order valence-electron chi connectivity index (χ2n) is 6.50. The molecular formula is C16H25NO2. The van der Waals surface area contributed by atoms with E-state index in [9.17, 15) is 0 Å². The number of hydrogen-bond acceptors (Lipinski definition) is 3. The summed E-state index contributed by atoms with van der Waals surface area (Å²) in [5.74, 6) is 0. The van der Waals surface area contributed by atoms with E-state index in [2.05, 4.69) is 57.3 Å². The zero-order valence-corrected chi connectivity index (χ0v) is 12.6. The van der Waals surface area contributed by atoms with E-state index in [1.807, 2.05) is 0 Å². The van der Waals surface area contributed by atoms with E-state index in [0.29, 0.717) is 12.6 Å². The highest BCUT2D eigenvalue weighted by molar-refractivity contribution is 5.47. The molecule has 0 aromatic heterocycles. The molecule has 1 aromatic carbocycles. The number of ether oxygens (including phenoxy) is 2. The molecule has 0 bridgehead atoms. The summed E-state index contributed by atoms with van der Waals surface area (Å²) in [5.41, 5.74) is 2.10. The van der Waals surface area contributed by atoms with E-state index in [-0.39, 0.29) is 11.2 Å². The topological polar surface area (TPSA) is 30.5 Å². The second-order valence-corrected chi connectivity index (χ2v) is 6.50. The number of hydrogen-bond donors (Lipinski definition) is 1. The Morgan fingerprint density at radius 2 is 2.05 bits per heavy atom. The monoisotopic (exact) mass is 263 g/mol. The van der Waals surface area contributed by atoms with Crippen LogP contribution in [0, 0.1) is 0 Å². The lowest BCUT2D eigenvalue weighted by molar-refractivity contribution is -0.0662. The molecule has 1 fully saturated rings. The first-order chi connectivity index (χ1) is 8.82. The minimum atomic E-state index is -0.152. The van der Waals surface area contributed by atoms with E-state index >= 15 is 0 Å². The fourth-order valence-electron chi connectivity index (χ4n) is 2.91. The first-order valence-electron chi connectivity index (χ1n) is 6.87. The highest BCUT2D eigenvalue weighted by atomic mass is 16.5. The highest BCUT2D eigenvalue weighted by Gasteiger charge is 2.45. The van der Waals surface area contributed by atoms with Crippen LogP contribution < -0.4 is 5.32 Å². The number of methoxy groups -OCH3 is 1. The van der Waals surface area contributed by atoms with Gasteiger partial charge in [0.05, 0.1) is 23.9 Å². The van der Waals surface area contributed by atoms with Crippen molar-refractivity contribution in [2.24, 2.45) is 0 Å². The van der Waals surface area contributed by atoms with Crippen molar-refractivity contribution in [3.63, 3.8) is 0 Å². The van der Waals surface area contributed by atoms with E-state index < -0.39 is 0 Å². The van der Waals surface area contributed by atoms with Crippen LogP contribution in [0.25, 0.3) is 0 Å². The van der Waals surface area contributed by atoms with Gasteiger partial charge in [-0.2, -0.15) is 0 Å². The highest BCUT2D eigenvalue weighted by Crippen LogP contribution is 2.38. The molecule has 0 radical (unpaired) electrons. The van der Waals surface area contributed by atoms with Gasteiger partial charge in [0.1, 0.15) is 0 Å². The summed E-state index contributed by atoms with van der Waals surface area (Å²) in [4.78, 5) is 0. The fraction of sp³-hybridized carbons (Fsp3) is 0.625. The van der Waals surface area contributed by atoms with Gasteiger partial charge in [-0.15, -0.1) is 0 Å². The molecule has 1 atom stereocenters. The third-order valence-corrected chi connectivity index (χ3v) is 3.65. The second kappa shape index (κ2) is 5.14. The van der Waals surface area contributed by atoms with Crippen molar-refractivity contribution in [2.45, 2.75) is 58.0 Å². The van der Waals surface area contributed by atoms with Crippen molar-refractivity contribution in [1.29, 1.82) is 0 Å². The molecule has 0 spiro atoms. The zero-order valence-electron chi connectivity index (χ0n) is 12.6. The predicted molar refractivity (Wildman–Crippen MR) is 78.4 cm³/mol. The molecule has 1 heterocycles. The van der Waals surface area contributed by atoms with Gasteiger partial charge < -0.3 is 14.8 Å². The van der Waals surface area contributed by atoms with Gasteiger partial charge >= 0.3 is 0 Å². The summed E-state index contributed by atoms with van der Waals surface area (Å²) in [5, 5.41) is 3.60. The molecule has 2 rings (SSSR count). The molecule has 0 aliphatic carbocycles. The van der Waals surface area contributed by atoms with Crippen LogP contribution in [-0.2, 0) is 16.1 Å². The Kier molecular flexibility index (Phi) is 3.88. The molecule has 1 saturated heterocycles. The number of nitrogens with one attached hydrogen (secondary N) is 1. The van der Waals surface area contributed by atoms with Gasteiger partial charge in [-0.1, -0.05) is 12.1 Å². The van der Waals surface area contributed by atoms with Gasteiger partial charge in [-0.3, -0.25) is 0 Å². The van der Waals surface area contributed by atoms with Crippen LogP contribution in [0.5, 0.6) is 0 Å². The van der Waals surface area contributed by atoms with Crippen LogP contribution in [0.4, 0.5) is 5.69 Å². The molecular weight excluding hydrogens is 238 g/mol. The average molecular weight is 263 g/mol. The van der Waals surface area contributed by atoms with Crippen molar-refractivity contribution in [3.05, 3.63) is 29.8 Å². The van der Waals surface area contributed by atoms with Crippen molar-refractivity contribution >= 4 is 5.69 Å². The first-order valence-corrected chi connectivity index (χ1v) is 6.87. The van der Waals surface area contributed by atoms with E-state index in [0.717, 1.165) is 12.1 Å². The molecule has 1 aliphatic rings. The molecule has 3 nitrogen and oxygen atoms in total. The Bertz CT molecular complexity index is 440. The number of anilines is 1. The lowest BCUT2D eigenvalue weighted by Crippen LogP contribution is -2.38. The van der Waals surface area contributed by atoms with Gasteiger partial charge in [0.2, 0.25) is 0 Å². The Morgan fingerprint density at radius 1 is 1.32 bits per heavy atom. The lowest BCUT2D eigenvalue weighted by Gasteiger charge is -2.28. The molecule has 0 saturated carbocycles. The number of benzene rings is 1. The molecule has 1 aliphatic heterocycles. The summed E-state index contributed by atoms with van der Waals surface area (Å²) < 4.78 is 11.3. The molecule has 1 N–H and O–H groups in total. The van der Waals surface area contributed by atoms with Crippen LogP contribution in [0.15, 0.2) is 24.3 Å².